The molecule has 0 saturated carbocycles. The summed E-state index contributed by atoms with van der Waals surface area (Å²) in [6.45, 7) is 14.1. The Labute approximate surface area is 676 Å². The van der Waals surface area contributed by atoms with E-state index in [1.807, 2.05) is 0 Å². The van der Waals surface area contributed by atoms with Gasteiger partial charge in [-0.25, -0.2) is 0 Å². The number of benzene rings is 4. The van der Waals surface area contributed by atoms with Crippen LogP contribution in [0.25, 0.3) is 0 Å². The van der Waals surface area contributed by atoms with E-state index in [9.17, 15) is 126 Å². The zero-order valence-electron chi connectivity index (χ0n) is 65.8. The lowest BCUT2D eigenvalue weighted by Crippen LogP contribution is -2.86. The molecule has 5 aliphatic rings. The van der Waals surface area contributed by atoms with Gasteiger partial charge in [-0.05, 0) is 180 Å². The highest BCUT2D eigenvalue weighted by molar-refractivity contribution is 7.05. The first-order chi connectivity index (χ1) is 52.8. The number of hydrogen-bond donors (Lipinski definition) is 26. The Hall–Kier alpha value is -4.97. The first kappa shape index (κ1) is 94.9. The molecule has 9 rings (SSSR count). The average molecular weight is 1840 g/mol. The summed E-state index contributed by atoms with van der Waals surface area (Å²) < 4.78 is 67.5. The van der Waals surface area contributed by atoms with Crippen LogP contribution in [-0.4, -0.2) is 349 Å². The molecule has 4 unspecified atom stereocenters. The van der Waals surface area contributed by atoms with Gasteiger partial charge in [-0.1, -0.05) is 0 Å². The summed E-state index contributed by atoms with van der Waals surface area (Å²) in [6, 6.07) is 0.188. The van der Waals surface area contributed by atoms with Crippen molar-refractivity contribution in [2.75, 3.05) is 54.6 Å². The van der Waals surface area contributed by atoms with Gasteiger partial charge in [-0.15, -0.1) is 0 Å². The second-order valence-corrected chi connectivity index (χ2v) is 54.4. The number of carbonyl (C=O) groups is 4. The Morgan fingerprint density at radius 2 is 0.672 bits per heavy atom. The Morgan fingerprint density at radius 3 is 0.991 bits per heavy atom. The van der Waals surface area contributed by atoms with Crippen molar-refractivity contribution < 1.29 is 172 Å². The zero-order valence-corrected chi connectivity index (χ0v) is 76.8. The quantitative estimate of drug-likeness (QED) is 0.0202. The van der Waals surface area contributed by atoms with Crippen LogP contribution in [0.2, 0.25) is 0 Å². The maximum Gasteiger partial charge on any atom is 0.668 e. The van der Waals surface area contributed by atoms with E-state index in [0.29, 0.717) is 24.3 Å². The van der Waals surface area contributed by atoms with Gasteiger partial charge >= 0.3 is 97.6 Å². The highest BCUT2D eigenvalue weighted by Crippen LogP contribution is 2.41. The molecule has 26 N–H and O–H groups in total. The molecule has 0 spiro atoms. The molecule has 0 aromatic heterocycles. The molecule has 4 amide bonds. The van der Waals surface area contributed by atoms with Crippen LogP contribution in [0.15, 0.2) is 48.5 Å². The van der Waals surface area contributed by atoms with Gasteiger partial charge in [0.1, 0.15) is 23.0 Å². The molecule has 648 valence electrons. The summed E-state index contributed by atoms with van der Waals surface area (Å²) >= 11 is 0. The number of amides is 4. The van der Waals surface area contributed by atoms with Gasteiger partial charge in [-0.2, -0.15) is 0 Å². The fourth-order valence-corrected chi connectivity index (χ4v) is 43.1. The standard InChI is InChI=1S/C60H102N8O37Si11/c1-17-95-108(83,84)43-27-35(23-39-55(75)67(15)59(9,10)63-39)29-45(51(43)71)110(87)99-112(47-31-34(26-42(50(47)70)107(80,81)82)22-38-54(74)66(14)58(7,8)62-38,101-111(97-19-3,103-114(88,89)90)46-30-33(25-41(49(46)69)106(77,78)79)21-37-53(73)65(13)57(5,6)61-37)102-113(100-110,104-116(93,94)105-115(91,92)98-20-4)48-32-36(24-40-56(76)68(16)60(11,12)64-40)28-44(52(48)72)109(85,86)96-18-2/h25-32,37-40,61-64,69-72,77-94H,17-24H2,1-16H3/t37-,38-,39-,40-,110?,111?,112?,113?/m0/s1. The van der Waals surface area contributed by atoms with Crippen LogP contribution >= 0.6 is 0 Å². The van der Waals surface area contributed by atoms with Crippen molar-refractivity contribution in [2.24, 2.45) is 0 Å². The van der Waals surface area contributed by atoms with E-state index < -0.39 is 307 Å². The topological polar surface area (TPSA) is 676 Å². The molecule has 0 bridgehead atoms. The largest absolute Gasteiger partial charge is 0.668 e. The molecule has 8 atom stereocenters. The third-order valence-corrected chi connectivity index (χ3v) is 46.8. The summed E-state index contributed by atoms with van der Waals surface area (Å²) in [5, 5.41) is 54.4. The summed E-state index contributed by atoms with van der Waals surface area (Å²) in [5.74, 6) is -9.60. The summed E-state index contributed by atoms with van der Waals surface area (Å²) in [7, 11) is -68.9. The minimum atomic E-state index is -7.66. The molecule has 5 fully saturated rings. The number of nitrogens with zero attached hydrogens (tertiary/aromatic N) is 4. The smallest absolute Gasteiger partial charge is 0.508 e. The van der Waals surface area contributed by atoms with E-state index in [-0.39, 0.29) is 0 Å². The van der Waals surface area contributed by atoms with E-state index in [2.05, 4.69) is 21.3 Å². The number of phenolic OH excluding ortho intramolecular Hbond substituents is 4. The summed E-state index contributed by atoms with van der Waals surface area (Å²) in [4.78, 5) is 280. The normalized spacial score (nSPS) is 25.4. The van der Waals surface area contributed by atoms with Crippen LogP contribution in [-0.2, 0) is 91.4 Å². The van der Waals surface area contributed by atoms with Crippen LogP contribution in [0.5, 0.6) is 23.0 Å². The van der Waals surface area contributed by atoms with Crippen LogP contribution in [0.1, 0.15) is 105 Å². The van der Waals surface area contributed by atoms with Crippen molar-refractivity contribution in [1.82, 2.24) is 40.9 Å². The van der Waals surface area contributed by atoms with Gasteiger partial charge < -0.3 is 173 Å². The summed E-state index contributed by atoms with van der Waals surface area (Å²) in [5.41, 5.74) is -6.67. The van der Waals surface area contributed by atoms with Crippen molar-refractivity contribution in [3.05, 3.63) is 70.8 Å². The Kier molecular flexibility index (Phi) is 26.7. The van der Waals surface area contributed by atoms with Gasteiger partial charge in [0.25, 0.3) is 0 Å². The molecular weight excluding hydrogens is 1730 g/mol. The highest BCUT2D eigenvalue weighted by Gasteiger charge is 2.78. The van der Waals surface area contributed by atoms with Crippen molar-refractivity contribution in [3.8, 4) is 23.0 Å². The first-order valence-electron chi connectivity index (χ1n) is 35.9. The minimum Gasteiger partial charge on any atom is -0.508 e. The van der Waals surface area contributed by atoms with E-state index >= 15 is 0 Å². The number of nitrogens with one attached hydrogen (secondary N) is 4. The highest BCUT2D eigenvalue weighted by atomic mass is 28.6. The predicted molar refractivity (Wildman–Crippen MR) is 417 cm³/mol. The number of hydrogen-bond acceptors (Lipinski definition) is 41. The predicted octanol–water partition coefficient (Wildman–Crippen LogP) is -14.9. The molecule has 45 nitrogen and oxygen atoms in total. The molecule has 4 aromatic rings. The molecule has 5 aliphatic heterocycles. The second-order valence-electron chi connectivity index (χ2n) is 30.4. The third-order valence-electron chi connectivity index (χ3n) is 20.4. The lowest BCUT2D eigenvalue weighted by Gasteiger charge is -2.51. The molecule has 4 aromatic carbocycles. The second kappa shape index (κ2) is 32.7. The fraction of sp³-hybridized carbons (Fsp3) is 0.533. The van der Waals surface area contributed by atoms with Gasteiger partial charge in [0.05, 0.1) is 88.3 Å². The molecule has 0 radical (unpaired) electrons. The van der Waals surface area contributed by atoms with Crippen molar-refractivity contribution in [1.29, 1.82) is 0 Å². The van der Waals surface area contributed by atoms with Gasteiger partial charge in [0.15, 0.2) is 0 Å². The van der Waals surface area contributed by atoms with Crippen LogP contribution in [0.3, 0.4) is 0 Å². The first-order valence-corrected chi connectivity index (χ1v) is 55.3. The zero-order chi connectivity index (χ0) is 87.6. The lowest BCUT2D eigenvalue weighted by molar-refractivity contribution is -0.130. The van der Waals surface area contributed by atoms with Crippen LogP contribution < -0.4 is 62.8 Å². The molecule has 5 heterocycles. The van der Waals surface area contributed by atoms with Gasteiger partial charge in [0, 0.05) is 54.6 Å². The average Bonchev–Trinajstić information content (AvgIpc) is 0.708. The minimum absolute atomic E-state index is 0.399. The van der Waals surface area contributed by atoms with E-state index in [0.717, 1.165) is 38.1 Å². The number of phenols is 4. The van der Waals surface area contributed by atoms with Gasteiger partial charge in [-0.3, -0.25) is 40.4 Å². The molecule has 0 aliphatic carbocycles. The Bertz CT molecular complexity index is 4430. The Morgan fingerprint density at radius 1 is 0.379 bits per heavy atom. The number of carbonyl (C=O) groups excluding carboxylic acids is 4. The van der Waals surface area contributed by atoms with E-state index in [1.54, 1.807) is 55.4 Å². The van der Waals surface area contributed by atoms with Crippen molar-refractivity contribution in [2.45, 2.75) is 156 Å². The molecule has 5 saturated heterocycles. The van der Waals surface area contributed by atoms with Crippen molar-refractivity contribution >= 4 is 163 Å². The van der Waals surface area contributed by atoms with Gasteiger partial charge in [0.2, 0.25) is 23.6 Å². The SMILES string of the molecule is CCO[Si](O)(O)O[Si](O)(O)O[Si]1(c2cc(C[C@@H]3NC(C)(C)N(C)C3=O)cc([Si](O)(O)OCC)c2O)O[Si](O)(c2cc(C[C@@H]3NC(C)(C)N(C)C3=O)cc([Si](O)(O)OCC)c2O)O[Si](O[Si](OCC)(O[Si](O)(O)O)c2cc(C[C@@H]3NC(C)(C)N(C)C3=O)cc([Si](O)(O)O)c2O)(c2cc(C[C@@H]3NC(C)(C)N(C)C3=O)cc([Si](O)(O)O)c2O)O1. The number of aromatic hydroxyl groups is 4. The number of rotatable bonds is 32. The fourth-order valence-electron chi connectivity index (χ4n) is 14.2. The maximum atomic E-state index is 15.0. The monoisotopic (exact) mass is 1830 g/mol. The van der Waals surface area contributed by atoms with E-state index in [1.165, 1.54) is 61.6 Å². The van der Waals surface area contributed by atoms with Crippen LogP contribution in [0.4, 0.5) is 0 Å². The van der Waals surface area contributed by atoms with Crippen LogP contribution in [0, 0.1) is 0 Å². The van der Waals surface area contributed by atoms with Crippen molar-refractivity contribution in [3.63, 3.8) is 0 Å². The Balaban J connectivity index is 1.60. The molecule has 56 heteroatoms. The maximum absolute atomic E-state index is 15.0. The number of likely N-dealkylation sites (N-methyl/N-ethyl adjacent to an activating group) is 4. The molecule has 116 heavy (non-hydrogen) atoms. The third kappa shape index (κ3) is 19.3. The lowest BCUT2D eigenvalue weighted by atomic mass is 10.1. The molecular formula is C60H102N8O37Si11. The van der Waals surface area contributed by atoms with E-state index in [4.69, 9.17) is 46.5 Å². The summed E-state index contributed by atoms with van der Waals surface area (Å²) in [6.07, 6.45) is -2.84.